The molecule has 1 aromatic rings. The number of halogens is 1. The fourth-order valence-corrected chi connectivity index (χ4v) is 2.79. The quantitative estimate of drug-likeness (QED) is 0.897. The van der Waals surface area contributed by atoms with E-state index in [2.05, 4.69) is 5.32 Å². The van der Waals surface area contributed by atoms with Gasteiger partial charge in [0.15, 0.2) is 0 Å². The summed E-state index contributed by atoms with van der Waals surface area (Å²) >= 11 is 5.80. The minimum absolute atomic E-state index is 0.160. The first kappa shape index (κ1) is 14.9. The highest BCUT2D eigenvalue weighted by Crippen LogP contribution is 2.30. The van der Waals surface area contributed by atoms with Crippen molar-refractivity contribution >= 4 is 23.5 Å². The number of amides is 1. The lowest BCUT2D eigenvalue weighted by molar-refractivity contribution is -0.148. The molecule has 1 aliphatic rings. The van der Waals surface area contributed by atoms with E-state index in [9.17, 15) is 14.7 Å². The van der Waals surface area contributed by atoms with E-state index in [0.717, 1.165) is 18.4 Å². The van der Waals surface area contributed by atoms with Crippen molar-refractivity contribution in [1.82, 2.24) is 5.32 Å². The van der Waals surface area contributed by atoms with E-state index in [1.807, 2.05) is 12.1 Å². The van der Waals surface area contributed by atoms with Crippen LogP contribution in [0.2, 0.25) is 5.02 Å². The number of carboxylic acids is 1. The third-order valence-corrected chi connectivity index (χ3v) is 4.05. The van der Waals surface area contributed by atoms with Crippen molar-refractivity contribution in [2.75, 3.05) is 0 Å². The molecule has 2 N–H and O–H groups in total. The zero-order valence-corrected chi connectivity index (χ0v) is 11.9. The first-order valence-electron chi connectivity index (χ1n) is 6.83. The molecule has 0 heterocycles. The van der Waals surface area contributed by atoms with Crippen LogP contribution >= 0.6 is 11.6 Å². The Kier molecular flexibility index (Phi) is 5.01. The van der Waals surface area contributed by atoms with Crippen LogP contribution in [0.3, 0.4) is 0 Å². The topological polar surface area (TPSA) is 66.4 Å². The number of carbonyl (C=O) groups excluding carboxylic acids is 1. The highest BCUT2D eigenvalue weighted by atomic mass is 35.5. The van der Waals surface area contributed by atoms with Crippen LogP contribution in [-0.4, -0.2) is 17.0 Å². The molecule has 0 aromatic heterocycles. The van der Waals surface area contributed by atoms with Gasteiger partial charge in [0.05, 0.1) is 11.8 Å². The Labute approximate surface area is 123 Å². The molecule has 2 unspecified atom stereocenters. The number of benzene rings is 1. The number of nitrogens with one attached hydrogen (secondary N) is 1. The van der Waals surface area contributed by atoms with E-state index in [0.29, 0.717) is 24.4 Å². The summed E-state index contributed by atoms with van der Waals surface area (Å²) in [6.45, 7) is 0.402. The molecule has 1 aliphatic carbocycles. The lowest BCUT2D eigenvalue weighted by Crippen LogP contribution is -2.39. The summed E-state index contributed by atoms with van der Waals surface area (Å²) in [4.78, 5) is 23.3. The van der Waals surface area contributed by atoms with Gasteiger partial charge in [0.25, 0.3) is 0 Å². The van der Waals surface area contributed by atoms with Crippen molar-refractivity contribution in [2.24, 2.45) is 11.8 Å². The fraction of sp³-hybridized carbons (Fsp3) is 0.467. The Morgan fingerprint density at radius 2 is 1.75 bits per heavy atom. The summed E-state index contributed by atoms with van der Waals surface area (Å²) in [5.41, 5.74) is 0.949. The third kappa shape index (κ3) is 3.73. The molecule has 0 spiro atoms. The number of rotatable bonds is 4. The number of carbonyl (C=O) groups is 2. The predicted octanol–water partition coefficient (Wildman–Crippen LogP) is 2.85. The fourth-order valence-electron chi connectivity index (χ4n) is 2.66. The van der Waals surface area contributed by atoms with E-state index in [1.165, 1.54) is 0 Å². The molecule has 2 rings (SSSR count). The maximum atomic E-state index is 12.2. The van der Waals surface area contributed by atoms with Crippen molar-refractivity contribution in [1.29, 1.82) is 0 Å². The predicted molar refractivity (Wildman–Crippen MR) is 76.4 cm³/mol. The van der Waals surface area contributed by atoms with Crippen LogP contribution in [0, 0.1) is 11.8 Å². The average molecular weight is 296 g/mol. The van der Waals surface area contributed by atoms with Crippen molar-refractivity contribution in [3.63, 3.8) is 0 Å². The molecule has 5 heteroatoms. The largest absolute Gasteiger partial charge is 0.481 e. The Morgan fingerprint density at radius 1 is 1.15 bits per heavy atom. The first-order valence-corrected chi connectivity index (χ1v) is 7.20. The lowest BCUT2D eigenvalue weighted by Gasteiger charge is -2.27. The molecule has 1 amide bonds. The molecule has 1 saturated carbocycles. The normalized spacial score (nSPS) is 22.2. The molecule has 4 nitrogen and oxygen atoms in total. The minimum Gasteiger partial charge on any atom is -0.481 e. The molecule has 0 saturated heterocycles. The average Bonchev–Trinajstić information content (AvgIpc) is 2.46. The number of carboxylic acid groups (broad SMARTS) is 1. The summed E-state index contributed by atoms with van der Waals surface area (Å²) in [7, 11) is 0. The Bertz CT molecular complexity index is 486. The van der Waals surface area contributed by atoms with Gasteiger partial charge in [-0.25, -0.2) is 0 Å². The van der Waals surface area contributed by atoms with Crippen LogP contribution in [0.15, 0.2) is 24.3 Å². The Balaban J connectivity index is 1.93. The second-order valence-electron chi connectivity index (χ2n) is 5.18. The summed E-state index contributed by atoms with van der Waals surface area (Å²) in [6, 6.07) is 7.23. The van der Waals surface area contributed by atoms with Gasteiger partial charge < -0.3 is 10.4 Å². The van der Waals surface area contributed by atoms with Gasteiger partial charge in [-0.05, 0) is 30.5 Å². The van der Waals surface area contributed by atoms with E-state index in [-0.39, 0.29) is 5.91 Å². The van der Waals surface area contributed by atoms with Gasteiger partial charge in [-0.2, -0.15) is 0 Å². The van der Waals surface area contributed by atoms with Crippen molar-refractivity contribution in [3.8, 4) is 0 Å². The van der Waals surface area contributed by atoms with E-state index in [1.54, 1.807) is 12.1 Å². The highest BCUT2D eigenvalue weighted by Gasteiger charge is 2.35. The minimum atomic E-state index is -0.864. The van der Waals surface area contributed by atoms with Gasteiger partial charge in [-0.1, -0.05) is 36.6 Å². The summed E-state index contributed by atoms with van der Waals surface area (Å²) in [5.74, 6) is -1.98. The Hall–Kier alpha value is -1.55. The second kappa shape index (κ2) is 6.75. The van der Waals surface area contributed by atoms with Crippen molar-refractivity contribution in [3.05, 3.63) is 34.9 Å². The molecule has 20 heavy (non-hydrogen) atoms. The number of aliphatic carboxylic acids is 1. The van der Waals surface area contributed by atoms with Crippen LogP contribution < -0.4 is 5.32 Å². The standard InChI is InChI=1S/C15H18ClNO3/c16-11-7-5-10(6-8-11)9-17-14(18)12-3-1-2-4-13(12)15(19)20/h5-8,12-13H,1-4,9H2,(H,17,18)(H,19,20). The molecular formula is C15H18ClNO3. The van der Waals surface area contributed by atoms with Gasteiger partial charge in [0.1, 0.15) is 0 Å². The van der Waals surface area contributed by atoms with Crippen LogP contribution in [0.4, 0.5) is 0 Å². The summed E-state index contributed by atoms with van der Waals surface area (Å²) in [6.07, 6.45) is 3.05. The molecule has 0 radical (unpaired) electrons. The third-order valence-electron chi connectivity index (χ3n) is 3.80. The molecule has 1 fully saturated rings. The molecule has 2 atom stereocenters. The van der Waals surface area contributed by atoms with Gasteiger partial charge in [-0.15, -0.1) is 0 Å². The number of hydrogen-bond donors (Lipinski definition) is 2. The Morgan fingerprint density at radius 3 is 2.35 bits per heavy atom. The van der Waals surface area contributed by atoms with E-state index in [4.69, 9.17) is 11.6 Å². The van der Waals surface area contributed by atoms with Gasteiger partial charge in [-0.3, -0.25) is 9.59 Å². The van der Waals surface area contributed by atoms with Gasteiger partial charge in [0, 0.05) is 11.6 Å². The van der Waals surface area contributed by atoms with Gasteiger partial charge >= 0.3 is 5.97 Å². The maximum Gasteiger partial charge on any atom is 0.307 e. The van der Waals surface area contributed by atoms with Crippen LogP contribution in [-0.2, 0) is 16.1 Å². The SMILES string of the molecule is O=C(O)C1CCCCC1C(=O)NCc1ccc(Cl)cc1. The zero-order valence-electron chi connectivity index (χ0n) is 11.1. The summed E-state index contributed by atoms with van der Waals surface area (Å²) < 4.78 is 0. The van der Waals surface area contributed by atoms with E-state index >= 15 is 0 Å². The molecule has 0 bridgehead atoms. The smallest absolute Gasteiger partial charge is 0.307 e. The van der Waals surface area contributed by atoms with E-state index < -0.39 is 17.8 Å². The summed E-state index contributed by atoms with van der Waals surface area (Å²) in [5, 5.41) is 12.7. The number of hydrogen-bond acceptors (Lipinski definition) is 2. The first-order chi connectivity index (χ1) is 9.58. The molecule has 108 valence electrons. The van der Waals surface area contributed by atoms with Crippen LogP contribution in [0.25, 0.3) is 0 Å². The van der Waals surface area contributed by atoms with Crippen molar-refractivity contribution in [2.45, 2.75) is 32.2 Å². The maximum absolute atomic E-state index is 12.2. The van der Waals surface area contributed by atoms with Crippen LogP contribution in [0.1, 0.15) is 31.2 Å². The molecular weight excluding hydrogens is 278 g/mol. The van der Waals surface area contributed by atoms with Gasteiger partial charge in [0.2, 0.25) is 5.91 Å². The van der Waals surface area contributed by atoms with Crippen molar-refractivity contribution < 1.29 is 14.7 Å². The molecule has 1 aromatic carbocycles. The zero-order chi connectivity index (χ0) is 14.5. The monoisotopic (exact) mass is 295 g/mol. The van der Waals surface area contributed by atoms with Crippen LogP contribution in [0.5, 0.6) is 0 Å². The highest BCUT2D eigenvalue weighted by molar-refractivity contribution is 6.30. The lowest BCUT2D eigenvalue weighted by atomic mass is 9.78. The molecule has 0 aliphatic heterocycles. The second-order valence-corrected chi connectivity index (χ2v) is 5.62.